The molecule has 3 aromatic rings. The molecule has 0 fully saturated rings. The molecular formula is C25H23ClN2O3S. The molecule has 0 atom stereocenters. The number of nitrogens with zero attached hydrogens (tertiary/aromatic N) is 2. The van der Waals surface area contributed by atoms with Crippen LogP contribution in [0, 0.1) is 0 Å². The number of thioether (sulfide) groups is 1. The first-order valence-electron chi connectivity index (χ1n) is 10.0. The predicted octanol–water partition coefficient (Wildman–Crippen LogP) is 6.39. The molecular weight excluding hydrogens is 444 g/mol. The van der Waals surface area contributed by atoms with Crippen LogP contribution >= 0.6 is 23.4 Å². The lowest BCUT2D eigenvalue weighted by Gasteiger charge is -2.19. The van der Waals surface area contributed by atoms with Crippen LogP contribution in [0.5, 0.6) is 0 Å². The molecule has 0 heterocycles. The Morgan fingerprint density at radius 3 is 2.19 bits per heavy atom. The lowest BCUT2D eigenvalue weighted by atomic mass is 10.0. The van der Waals surface area contributed by atoms with Crippen LogP contribution in [0.15, 0.2) is 88.9 Å². The highest BCUT2D eigenvalue weighted by Gasteiger charge is 2.16. The number of carbonyl (C=O) groups is 2. The number of ketones is 1. The zero-order chi connectivity index (χ0) is 22.9. The van der Waals surface area contributed by atoms with E-state index in [0.717, 1.165) is 16.3 Å². The molecule has 0 spiro atoms. The van der Waals surface area contributed by atoms with Crippen molar-refractivity contribution in [3.8, 4) is 0 Å². The zero-order valence-electron chi connectivity index (χ0n) is 17.8. The fraction of sp³-hybridized carbons (Fsp3) is 0.160. The quantitative estimate of drug-likeness (QED) is 0.120. The van der Waals surface area contributed by atoms with Gasteiger partial charge >= 0.3 is 5.97 Å². The van der Waals surface area contributed by atoms with Crippen LogP contribution in [0.25, 0.3) is 0 Å². The van der Waals surface area contributed by atoms with Crippen LogP contribution in [0.4, 0.5) is 11.4 Å². The summed E-state index contributed by atoms with van der Waals surface area (Å²) in [6, 6.07) is 24.7. The predicted molar refractivity (Wildman–Crippen MR) is 131 cm³/mol. The van der Waals surface area contributed by atoms with Gasteiger partial charge in [0.2, 0.25) is 5.78 Å². The van der Waals surface area contributed by atoms with Gasteiger partial charge in [0.15, 0.2) is 0 Å². The molecule has 0 aromatic heterocycles. The molecule has 7 heteroatoms. The van der Waals surface area contributed by atoms with Crippen molar-refractivity contribution < 1.29 is 14.4 Å². The second-order valence-corrected chi connectivity index (χ2v) is 8.55. The van der Waals surface area contributed by atoms with Crippen LogP contribution in [-0.2, 0) is 9.63 Å². The van der Waals surface area contributed by atoms with E-state index in [2.05, 4.69) is 5.16 Å². The van der Waals surface area contributed by atoms with Crippen LogP contribution in [0.1, 0.15) is 23.7 Å². The summed E-state index contributed by atoms with van der Waals surface area (Å²) < 4.78 is 0. The number of anilines is 2. The maximum atomic E-state index is 13.0. The smallest absolute Gasteiger partial charge is 0.331 e. The first kappa shape index (κ1) is 23.6. The summed E-state index contributed by atoms with van der Waals surface area (Å²) >= 11 is 7.49. The van der Waals surface area contributed by atoms with Gasteiger partial charge in [-0.05, 0) is 60.7 Å². The minimum absolute atomic E-state index is 0.200. The summed E-state index contributed by atoms with van der Waals surface area (Å²) in [6.07, 6.45) is 0.352. The second kappa shape index (κ2) is 11.5. The lowest BCUT2D eigenvalue weighted by Crippen LogP contribution is -2.17. The molecule has 0 aliphatic heterocycles. The molecule has 32 heavy (non-hydrogen) atoms. The van der Waals surface area contributed by atoms with Gasteiger partial charge in [-0.3, -0.25) is 4.79 Å². The average molecular weight is 467 g/mol. The van der Waals surface area contributed by atoms with Gasteiger partial charge in [-0.15, -0.1) is 11.8 Å². The number of carbonyl (C=O) groups excluding carboxylic acids is 2. The Hall–Kier alpha value is -3.09. The highest BCUT2D eigenvalue weighted by molar-refractivity contribution is 7.99. The lowest BCUT2D eigenvalue weighted by molar-refractivity contribution is -0.140. The van der Waals surface area contributed by atoms with E-state index in [9.17, 15) is 9.59 Å². The van der Waals surface area contributed by atoms with E-state index in [1.807, 2.05) is 78.7 Å². The Kier molecular flexibility index (Phi) is 8.48. The van der Waals surface area contributed by atoms with Gasteiger partial charge in [-0.25, -0.2) is 4.79 Å². The van der Waals surface area contributed by atoms with Crippen molar-refractivity contribution >= 4 is 52.2 Å². The second-order valence-electron chi connectivity index (χ2n) is 6.94. The van der Waals surface area contributed by atoms with E-state index in [1.54, 1.807) is 23.9 Å². The Labute approximate surface area is 197 Å². The topological polar surface area (TPSA) is 59.0 Å². The number of para-hydroxylation sites is 1. The van der Waals surface area contributed by atoms with Gasteiger partial charge in [0.05, 0.1) is 0 Å². The third-order valence-electron chi connectivity index (χ3n) is 4.63. The standard InChI is InChI=1S/C25H23ClN2O3S/c1-18(29)31-27-24(16-17-32-23-14-10-20(26)11-15-23)25(30)19-8-12-22(13-9-19)28(2)21-6-4-3-5-7-21/h3-15H,16-17H2,1-2H3/b27-24+. The monoisotopic (exact) mass is 466 g/mol. The number of rotatable bonds is 9. The molecule has 0 radical (unpaired) electrons. The molecule has 0 aliphatic rings. The van der Waals surface area contributed by atoms with Crippen LogP contribution < -0.4 is 4.90 Å². The van der Waals surface area contributed by atoms with Crippen molar-refractivity contribution in [1.82, 2.24) is 0 Å². The summed E-state index contributed by atoms with van der Waals surface area (Å²) in [7, 11) is 1.97. The molecule has 5 nitrogen and oxygen atoms in total. The van der Waals surface area contributed by atoms with Gasteiger partial charge in [0, 0.05) is 53.0 Å². The molecule has 0 saturated heterocycles. The van der Waals surface area contributed by atoms with Crippen molar-refractivity contribution in [1.29, 1.82) is 0 Å². The first-order valence-corrected chi connectivity index (χ1v) is 11.4. The van der Waals surface area contributed by atoms with Gasteiger partial charge in [-0.2, -0.15) is 0 Å². The number of halogens is 1. The molecule has 3 aromatic carbocycles. The SMILES string of the molecule is CC(=O)O/N=C(\CCSc1ccc(Cl)cc1)C(=O)c1ccc(N(C)c2ccccc2)cc1. The summed E-state index contributed by atoms with van der Waals surface area (Å²) in [6.45, 7) is 1.25. The van der Waals surface area contributed by atoms with Crippen LogP contribution in [-0.4, -0.2) is 30.3 Å². The molecule has 164 valence electrons. The highest BCUT2D eigenvalue weighted by atomic mass is 35.5. The van der Waals surface area contributed by atoms with Crippen LogP contribution in [0.3, 0.4) is 0 Å². The highest BCUT2D eigenvalue weighted by Crippen LogP contribution is 2.24. The van der Waals surface area contributed by atoms with Crippen molar-refractivity contribution in [2.24, 2.45) is 5.16 Å². The third kappa shape index (κ3) is 6.70. The number of oxime groups is 1. The van der Waals surface area contributed by atoms with Crippen molar-refractivity contribution in [2.45, 2.75) is 18.2 Å². The largest absolute Gasteiger partial charge is 0.345 e. The van der Waals surface area contributed by atoms with E-state index in [4.69, 9.17) is 16.4 Å². The van der Waals surface area contributed by atoms with E-state index in [1.165, 1.54) is 6.92 Å². The Morgan fingerprint density at radius 1 is 0.938 bits per heavy atom. The summed E-state index contributed by atoms with van der Waals surface area (Å²) in [5.41, 5.74) is 2.68. The third-order valence-corrected chi connectivity index (χ3v) is 5.89. The van der Waals surface area contributed by atoms with E-state index >= 15 is 0 Å². The number of hydrogen-bond acceptors (Lipinski definition) is 6. The fourth-order valence-corrected chi connectivity index (χ4v) is 3.91. The van der Waals surface area contributed by atoms with Gasteiger partial charge < -0.3 is 9.74 Å². The summed E-state index contributed by atoms with van der Waals surface area (Å²) in [5.74, 6) is -0.236. The average Bonchev–Trinajstić information content (AvgIpc) is 2.82. The van der Waals surface area contributed by atoms with Gasteiger partial charge in [-0.1, -0.05) is 35.0 Å². The Balaban J connectivity index is 1.70. The molecule has 0 aliphatic carbocycles. The normalized spacial score (nSPS) is 11.2. The molecule has 0 N–H and O–H groups in total. The van der Waals surface area contributed by atoms with Crippen molar-refractivity contribution in [2.75, 3.05) is 17.7 Å². The fourth-order valence-electron chi connectivity index (χ4n) is 2.92. The van der Waals surface area contributed by atoms with Crippen molar-refractivity contribution in [3.63, 3.8) is 0 Å². The molecule has 0 saturated carbocycles. The molecule has 0 amide bonds. The summed E-state index contributed by atoms with van der Waals surface area (Å²) in [4.78, 5) is 32.1. The molecule has 0 bridgehead atoms. The number of hydrogen-bond donors (Lipinski definition) is 0. The maximum absolute atomic E-state index is 13.0. The van der Waals surface area contributed by atoms with Crippen LogP contribution in [0.2, 0.25) is 5.02 Å². The number of benzene rings is 3. The van der Waals surface area contributed by atoms with E-state index in [-0.39, 0.29) is 11.5 Å². The van der Waals surface area contributed by atoms with E-state index in [0.29, 0.717) is 22.8 Å². The zero-order valence-corrected chi connectivity index (χ0v) is 19.4. The van der Waals surface area contributed by atoms with Gasteiger partial charge in [0.1, 0.15) is 5.71 Å². The minimum atomic E-state index is -0.569. The van der Waals surface area contributed by atoms with E-state index < -0.39 is 5.97 Å². The van der Waals surface area contributed by atoms with Gasteiger partial charge in [0.25, 0.3) is 0 Å². The maximum Gasteiger partial charge on any atom is 0.331 e. The molecule has 3 rings (SSSR count). The molecule has 0 unspecified atom stereocenters. The summed E-state index contributed by atoms with van der Waals surface area (Å²) in [5, 5.41) is 4.49. The minimum Gasteiger partial charge on any atom is -0.345 e. The Morgan fingerprint density at radius 2 is 1.56 bits per heavy atom. The van der Waals surface area contributed by atoms with Crippen molar-refractivity contribution in [3.05, 3.63) is 89.4 Å². The Bertz CT molecular complexity index is 1080. The number of Topliss-reactive ketones (excluding diaryl/α,β-unsaturated/α-hetero) is 1. The first-order chi connectivity index (χ1) is 15.4.